The number of ether oxygens (including phenoxy) is 2. The Morgan fingerprint density at radius 2 is 1.52 bits per heavy atom. The predicted octanol–water partition coefficient (Wildman–Crippen LogP) is 4.01. The SMILES string of the molecule is COc1cc(OC)cc(C(=O)N[C@@H](C(=O)N[C@@H](C)c2cc(C)sc2C)C(C)C)c1. The second kappa shape index (κ2) is 9.78. The predicted molar refractivity (Wildman–Crippen MR) is 116 cm³/mol. The van der Waals surface area contributed by atoms with E-state index in [2.05, 4.69) is 23.6 Å². The minimum absolute atomic E-state index is 0.0797. The second-order valence-electron chi connectivity index (χ2n) is 7.40. The Balaban J connectivity index is 2.16. The number of aryl methyl sites for hydroxylation is 2. The van der Waals surface area contributed by atoms with Gasteiger partial charge < -0.3 is 20.1 Å². The molecule has 0 saturated heterocycles. The molecule has 2 N–H and O–H groups in total. The molecule has 2 atom stereocenters. The maximum absolute atomic E-state index is 12.9. The molecule has 29 heavy (non-hydrogen) atoms. The fourth-order valence-electron chi connectivity index (χ4n) is 3.16. The number of benzene rings is 1. The van der Waals surface area contributed by atoms with Gasteiger partial charge in [-0.1, -0.05) is 13.8 Å². The first-order chi connectivity index (χ1) is 13.7. The molecule has 0 fully saturated rings. The average Bonchev–Trinajstić information content (AvgIpc) is 3.03. The normalized spacial score (nSPS) is 13.0. The smallest absolute Gasteiger partial charge is 0.252 e. The average molecular weight is 419 g/mol. The van der Waals surface area contributed by atoms with Gasteiger partial charge in [-0.05, 0) is 50.5 Å². The summed E-state index contributed by atoms with van der Waals surface area (Å²) < 4.78 is 10.4. The van der Waals surface area contributed by atoms with Gasteiger partial charge in [-0.3, -0.25) is 9.59 Å². The Labute approximate surface area is 176 Å². The highest BCUT2D eigenvalue weighted by Crippen LogP contribution is 2.26. The topological polar surface area (TPSA) is 76.7 Å². The minimum Gasteiger partial charge on any atom is -0.497 e. The van der Waals surface area contributed by atoms with Crippen LogP contribution in [-0.4, -0.2) is 32.1 Å². The van der Waals surface area contributed by atoms with Crippen molar-refractivity contribution in [1.82, 2.24) is 10.6 Å². The van der Waals surface area contributed by atoms with E-state index >= 15 is 0 Å². The zero-order valence-corrected chi connectivity index (χ0v) is 18.9. The Hall–Kier alpha value is -2.54. The molecule has 0 saturated carbocycles. The van der Waals surface area contributed by atoms with E-state index in [-0.39, 0.29) is 23.8 Å². The number of thiophene rings is 1. The van der Waals surface area contributed by atoms with Crippen LogP contribution in [0.15, 0.2) is 24.3 Å². The van der Waals surface area contributed by atoms with E-state index in [9.17, 15) is 9.59 Å². The fourth-order valence-corrected chi connectivity index (χ4v) is 4.18. The van der Waals surface area contributed by atoms with Crippen molar-refractivity contribution in [3.63, 3.8) is 0 Å². The van der Waals surface area contributed by atoms with Crippen LogP contribution in [0.4, 0.5) is 0 Å². The lowest BCUT2D eigenvalue weighted by atomic mass is 10.0. The van der Waals surface area contributed by atoms with Crippen molar-refractivity contribution in [2.24, 2.45) is 5.92 Å². The van der Waals surface area contributed by atoms with E-state index in [4.69, 9.17) is 9.47 Å². The number of hydrogen-bond donors (Lipinski definition) is 2. The quantitative estimate of drug-likeness (QED) is 0.679. The summed E-state index contributed by atoms with van der Waals surface area (Å²) in [6.07, 6.45) is 0. The van der Waals surface area contributed by atoms with E-state index in [1.165, 1.54) is 24.0 Å². The lowest BCUT2D eigenvalue weighted by molar-refractivity contribution is -0.124. The Morgan fingerprint density at radius 1 is 0.931 bits per heavy atom. The number of rotatable bonds is 8. The summed E-state index contributed by atoms with van der Waals surface area (Å²) in [5.41, 5.74) is 1.48. The Kier molecular flexibility index (Phi) is 7.67. The third-order valence-corrected chi connectivity index (χ3v) is 5.74. The van der Waals surface area contributed by atoms with E-state index < -0.39 is 6.04 Å². The molecule has 0 aliphatic rings. The molecule has 0 unspecified atom stereocenters. The summed E-state index contributed by atoms with van der Waals surface area (Å²) >= 11 is 1.71. The van der Waals surface area contributed by atoms with Gasteiger partial charge in [-0.2, -0.15) is 0 Å². The van der Waals surface area contributed by atoms with E-state index in [1.807, 2.05) is 27.7 Å². The van der Waals surface area contributed by atoms with Crippen molar-refractivity contribution in [1.29, 1.82) is 0 Å². The van der Waals surface area contributed by atoms with Crippen molar-refractivity contribution >= 4 is 23.2 Å². The standard InChI is InChI=1S/C22H30N2O4S/c1-12(2)20(22(26)23-14(4)19-8-13(3)29-15(19)5)24-21(25)16-9-17(27-6)11-18(10-16)28-7/h8-12,14,20H,1-7H3,(H,23,26)(H,24,25)/t14-,20+/m0/s1. The van der Waals surface area contributed by atoms with Gasteiger partial charge in [-0.15, -0.1) is 11.3 Å². The highest BCUT2D eigenvalue weighted by atomic mass is 32.1. The summed E-state index contributed by atoms with van der Waals surface area (Å²) in [4.78, 5) is 28.1. The number of methoxy groups -OCH3 is 2. The first kappa shape index (κ1) is 22.7. The van der Waals surface area contributed by atoms with Crippen LogP contribution in [0.3, 0.4) is 0 Å². The summed E-state index contributed by atoms with van der Waals surface area (Å²) in [7, 11) is 3.05. The van der Waals surface area contributed by atoms with Crippen molar-refractivity contribution in [2.75, 3.05) is 14.2 Å². The molecule has 6 nitrogen and oxygen atoms in total. The van der Waals surface area contributed by atoms with Crippen LogP contribution >= 0.6 is 11.3 Å². The van der Waals surface area contributed by atoms with Gasteiger partial charge in [-0.25, -0.2) is 0 Å². The molecule has 0 spiro atoms. The molecule has 0 bridgehead atoms. The van der Waals surface area contributed by atoms with Crippen molar-refractivity contribution < 1.29 is 19.1 Å². The number of nitrogens with one attached hydrogen (secondary N) is 2. The van der Waals surface area contributed by atoms with Gasteiger partial charge in [0.2, 0.25) is 5.91 Å². The van der Waals surface area contributed by atoms with Crippen molar-refractivity contribution in [3.8, 4) is 11.5 Å². The minimum atomic E-state index is -0.665. The third kappa shape index (κ3) is 5.73. The van der Waals surface area contributed by atoms with Crippen LogP contribution in [-0.2, 0) is 4.79 Å². The first-order valence-corrected chi connectivity index (χ1v) is 10.4. The molecule has 0 radical (unpaired) electrons. The van der Waals surface area contributed by atoms with Crippen molar-refractivity contribution in [3.05, 3.63) is 45.1 Å². The van der Waals surface area contributed by atoms with Gasteiger partial charge in [0.25, 0.3) is 5.91 Å². The maximum atomic E-state index is 12.9. The van der Waals surface area contributed by atoms with E-state index in [1.54, 1.807) is 29.5 Å². The van der Waals surface area contributed by atoms with Crippen LogP contribution in [0.25, 0.3) is 0 Å². The number of hydrogen-bond acceptors (Lipinski definition) is 5. The number of amides is 2. The van der Waals surface area contributed by atoms with Crippen LogP contribution in [0.1, 0.15) is 52.5 Å². The van der Waals surface area contributed by atoms with Gasteiger partial charge in [0.15, 0.2) is 0 Å². The molecule has 2 aromatic rings. The number of carbonyl (C=O) groups is 2. The largest absolute Gasteiger partial charge is 0.497 e. The highest BCUT2D eigenvalue weighted by molar-refractivity contribution is 7.12. The molecule has 7 heteroatoms. The fraction of sp³-hybridized carbons (Fsp3) is 0.455. The first-order valence-electron chi connectivity index (χ1n) is 9.57. The van der Waals surface area contributed by atoms with E-state index in [0.29, 0.717) is 17.1 Å². The van der Waals surface area contributed by atoms with Crippen LogP contribution in [0, 0.1) is 19.8 Å². The second-order valence-corrected chi connectivity index (χ2v) is 8.86. The molecule has 1 aromatic carbocycles. The molecule has 2 amide bonds. The summed E-state index contributed by atoms with van der Waals surface area (Å²) in [5.74, 6) is 0.378. The monoisotopic (exact) mass is 418 g/mol. The zero-order chi connectivity index (χ0) is 21.7. The lowest BCUT2D eigenvalue weighted by Gasteiger charge is -2.24. The van der Waals surface area contributed by atoms with Crippen LogP contribution < -0.4 is 20.1 Å². The highest BCUT2D eigenvalue weighted by Gasteiger charge is 2.27. The molecular formula is C22H30N2O4S. The lowest BCUT2D eigenvalue weighted by Crippen LogP contribution is -2.50. The summed E-state index contributed by atoms with van der Waals surface area (Å²) in [5, 5.41) is 5.89. The molecule has 1 aromatic heterocycles. The van der Waals surface area contributed by atoms with Crippen molar-refractivity contribution in [2.45, 2.75) is 46.7 Å². The van der Waals surface area contributed by atoms with Gasteiger partial charge >= 0.3 is 0 Å². The van der Waals surface area contributed by atoms with E-state index in [0.717, 1.165) is 5.56 Å². The molecule has 158 valence electrons. The van der Waals surface area contributed by atoms with Crippen LogP contribution in [0.5, 0.6) is 11.5 Å². The summed E-state index contributed by atoms with van der Waals surface area (Å²) in [6, 6.07) is 6.22. The van der Waals surface area contributed by atoms with Gasteiger partial charge in [0, 0.05) is 21.4 Å². The number of carbonyl (C=O) groups excluding carboxylic acids is 2. The molecule has 0 aliphatic heterocycles. The molecular weight excluding hydrogens is 388 g/mol. The van der Waals surface area contributed by atoms with Crippen LogP contribution in [0.2, 0.25) is 0 Å². The molecule has 0 aliphatic carbocycles. The maximum Gasteiger partial charge on any atom is 0.252 e. The molecule has 1 heterocycles. The van der Waals surface area contributed by atoms with Gasteiger partial charge in [0.05, 0.1) is 20.3 Å². The summed E-state index contributed by atoms with van der Waals surface area (Å²) in [6.45, 7) is 9.87. The third-order valence-electron chi connectivity index (χ3n) is 4.75. The Morgan fingerprint density at radius 3 is 1.97 bits per heavy atom. The van der Waals surface area contributed by atoms with Gasteiger partial charge in [0.1, 0.15) is 17.5 Å². The Bertz CT molecular complexity index is 853. The molecule has 2 rings (SSSR count). The zero-order valence-electron chi connectivity index (χ0n) is 18.1.